The normalized spacial score (nSPS) is 47.9. The van der Waals surface area contributed by atoms with Crippen LogP contribution < -0.4 is 0 Å². The first-order valence-corrected chi connectivity index (χ1v) is 12.0. The third kappa shape index (κ3) is 2.85. The standard InChI is InChI=1S/C22H33O4P/c1-13(20(23)24)17-6-7-18-16-5-4-14-12-15(27(25)26)8-10-21(14,2)19(16)9-11-22(17,18)3/h12-14,16-19H,4-11H2,1-3H3,(H-,23,24,25,26)/p+1/t13-,14?,16+,17-,18+,19+,21+,22-/m1/s1. The molecule has 27 heavy (non-hydrogen) atoms. The number of hydrogen-bond donors (Lipinski definition) is 2. The van der Waals surface area contributed by atoms with Gasteiger partial charge in [-0.05, 0) is 96.0 Å². The third-order valence-electron chi connectivity index (χ3n) is 9.57. The molecule has 0 aliphatic heterocycles. The van der Waals surface area contributed by atoms with Crippen molar-refractivity contribution in [3.8, 4) is 0 Å². The number of hydrogen-bond acceptors (Lipinski definition) is 2. The van der Waals surface area contributed by atoms with Crippen molar-refractivity contribution < 1.29 is 19.4 Å². The minimum atomic E-state index is -2.17. The van der Waals surface area contributed by atoms with Gasteiger partial charge in [-0.3, -0.25) is 4.79 Å². The van der Waals surface area contributed by atoms with Crippen LogP contribution in [-0.4, -0.2) is 16.0 Å². The maximum atomic E-state index is 11.7. The summed E-state index contributed by atoms with van der Waals surface area (Å²) in [4.78, 5) is 21.2. The van der Waals surface area contributed by atoms with Crippen LogP contribution in [0.5, 0.6) is 0 Å². The molecule has 0 radical (unpaired) electrons. The molecule has 5 heteroatoms. The van der Waals surface area contributed by atoms with E-state index in [1.165, 1.54) is 19.3 Å². The van der Waals surface area contributed by atoms with Crippen molar-refractivity contribution in [3.63, 3.8) is 0 Å². The summed E-state index contributed by atoms with van der Waals surface area (Å²) in [6.07, 6.45) is 10.9. The Balaban J connectivity index is 1.60. The Kier molecular flexibility index (Phi) is 4.83. The molecule has 0 aromatic rings. The van der Waals surface area contributed by atoms with E-state index < -0.39 is 14.0 Å². The highest BCUT2D eigenvalue weighted by atomic mass is 31.1. The zero-order valence-corrected chi connectivity index (χ0v) is 17.8. The molecule has 0 aromatic carbocycles. The summed E-state index contributed by atoms with van der Waals surface area (Å²) < 4.78 is 11.6. The number of fused-ring (bicyclic) bond motifs is 5. The molecule has 3 fully saturated rings. The first kappa shape index (κ1) is 19.6. The van der Waals surface area contributed by atoms with Crippen LogP contribution in [0.25, 0.3) is 0 Å². The first-order chi connectivity index (χ1) is 12.7. The lowest BCUT2D eigenvalue weighted by atomic mass is 9.45. The molecule has 9 atom stereocenters. The van der Waals surface area contributed by atoms with Gasteiger partial charge in [0.05, 0.1) is 5.92 Å². The minimum absolute atomic E-state index is 0.173. The number of rotatable bonds is 3. The van der Waals surface area contributed by atoms with Gasteiger partial charge in [-0.1, -0.05) is 20.8 Å². The molecule has 0 bridgehead atoms. The lowest BCUT2D eigenvalue weighted by Gasteiger charge is -2.59. The largest absolute Gasteiger partial charge is 0.541 e. The van der Waals surface area contributed by atoms with Crippen molar-refractivity contribution in [2.75, 3.05) is 0 Å². The number of carboxylic acid groups (broad SMARTS) is 1. The van der Waals surface area contributed by atoms with E-state index >= 15 is 0 Å². The zero-order valence-electron chi connectivity index (χ0n) is 16.9. The van der Waals surface area contributed by atoms with Gasteiger partial charge in [-0.2, -0.15) is 4.89 Å². The molecule has 4 nitrogen and oxygen atoms in total. The monoisotopic (exact) mass is 393 g/mol. The van der Waals surface area contributed by atoms with Crippen LogP contribution in [0, 0.1) is 46.3 Å². The maximum Gasteiger partial charge on any atom is 0.541 e. The fraction of sp³-hybridized carbons (Fsp3) is 0.864. The van der Waals surface area contributed by atoms with Crippen molar-refractivity contribution in [1.82, 2.24) is 0 Å². The SMILES string of the molecule is C[C@@H](C(=O)O)[C@H]1CC[C@H]2[C@@H]3CCC4C=C([P+](=O)O)CC[C@]4(C)[C@H]3CC[C@]12C. The van der Waals surface area contributed by atoms with E-state index in [0.29, 0.717) is 29.6 Å². The van der Waals surface area contributed by atoms with E-state index in [1.807, 2.05) is 6.92 Å². The van der Waals surface area contributed by atoms with E-state index in [1.54, 1.807) is 0 Å². The lowest BCUT2D eigenvalue weighted by Crippen LogP contribution is -2.52. The quantitative estimate of drug-likeness (QED) is 0.613. The highest BCUT2D eigenvalue weighted by Crippen LogP contribution is 2.68. The number of aliphatic carboxylic acids is 1. The summed E-state index contributed by atoms with van der Waals surface area (Å²) in [7, 11) is -2.17. The molecule has 4 rings (SSSR count). The predicted molar refractivity (Wildman–Crippen MR) is 105 cm³/mol. The number of carboxylic acids is 1. The van der Waals surface area contributed by atoms with Gasteiger partial charge in [0.15, 0.2) is 5.31 Å². The van der Waals surface area contributed by atoms with Gasteiger partial charge in [0.1, 0.15) is 0 Å². The van der Waals surface area contributed by atoms with Crippen molar-refractivity contribution in [1.29, 1.82) is 0 Å². The molecule has 4 aliphatic carbocycles. The van der Waals surface area contributed by atoms with Crippen molar-refractivity contribution >= 4 is 14.0 Å². The highest BCUT2D eigenvalue weighted by Gasteiger charge is 2.61. The van der Waals surface area contributed by atoms with E-state index in [-0.39, 0.29) is 16.7 Å². The molecule has 2 unspecified atom stereocenters. The number of carbonyl (C=O) groups is 1. The summed E-state index contributed by atoms with van der Waals surface area (Å²) in [5.41, 5.74) is 0.419. The van der Waals surface area contributed by atoms with Gasteiger partial charge in [0.25, 0.3) is 0 Å². The van der Waals surface area contributed by atoms with E-state index in [9.17, 15) is 19.4 Å². The summed E-state index contributed by atoms with van der Waals surface area (Å²) in [6, 6.07) is 0. The van der Waals surface area contributed by atoms with E-state index in [0.717, 1.165) is 37.4 Å². The molecule has 0 spiro atoms. The molecule has 0 aromatic heterocycles. The molecule has 4 aliphatic rings. The lowest BCUT2D eigenvalue weighted by molar-refractivity contribution is -0.147. The molecule has 2 N–H and O–H groups in total. The fourth-order valence-corrected chi connectivity index (χ4v) is 8.65. The van der Waals surface area contributed by atoms with Crippen LogP contribution in [-0.2, 0) is 9.36 Å². The van der Waals surface area contributed by atoms with Crippen molar-refractivity contribution in [2.24, 2.45) is 46.3 Å². The van der Waals surface area contributed by atoms with Crippen LogP contribution in [0.3, 0.4) is 0 Å². The van der Waals surface area contributed by atoms with Crippen LogP contribution in [0.4, 0.5) is 0 Å². The minimum Gasteiger partial charge on any atom is -0.481 e. The van der Waals surface area contributed by atoms with Crippen LogP contribution >= 0.6 is 8.03 Å². The van der Waals surface area contributed by atoms with Gasteiger partial charge in [0, 0.05) is 6.42 Å². The summed E-state index contributed by atoms with van der Waals surface area (Å²) in [5, 5.41) is 10.4. The van der Waals surface area contributed by atoms with Gasteiger partial charge in [0.2, 0.25) is 0 Å². The Morgan fingerprint density at radius 1 is 1.11 bits per heavy atom. The Hall–Kier alpha value is -0.730. The summed E-state index contributed by atoms with van der Waals surface area (Å²) >= 11 is 0. The second-order valence-corrected chi connectivity index (χ2v) is 11.5. The van der Waals surface area contributed by atoms with Gasteiger partial charge < -0.3 is 5.11 Å². The van der Waals surface area contributed by atoms with Crippen molar-refractivity contribution in [3.05, 3.63) is 11.4 Å². The fourth-order valence-electron chi connectivity index (χ4n) is 8.04. The van der Waals surface area contributed by atoms with Crippen LogP contribution in [0.2, 0.25) is 0 Å². The second kappa shape index (κ2) is 6.66. The molecule has 0 heterocycles. The Morgan fingerprint density at radius 2 is 1.81 bits per heavy atom. The molecule has 150 valence electrons. The van der Waals surface area contributed by atoms with Crippen molar-refractivity contribution in [2.45, 2.75) is 72.1 Å². The Labute approximate surface area is 163 Å². The van der Waals surface area contributed by atoms with Gasteiger partial charge in [-0.15, -0.1) is 0 Å². The maximum absolute atomic E-state index is 11.7. The van der Waals surface area contributed by atoms with Gasteiger partial charge >= 0.3 is 14.0 Å². The smallest absolute Gasteiger partial charge is 0.481 e. The Morgan fingerprint density at radius 3 is 2.48 bits per heavy atom. The zero-order chi connectivity index (χ0) is 19.6. The summed E-state index contributed by atoms with van der Waals surface area (Å²) in [6.45, 7) is 6.73. The topological polar surface area (TPSA) is 74.6 Å². The summed E-state index contributed by atoms with van der Waals surface area (Å²) in [5.74, 6) is 1.90. The molecular weight excluding hydrogens is 359 g/mol. The molecule has 3 saturated carbocycles. The van der Waals surface area contributed by atoms with E-state index in [4.69, 9.17) is 0 Å². The third-order valence-corrected chi connectivity index (χ3v) is 10.4. The highest BCUT2D eigenvalue weighted by molar-refractivity contribution is 7.43. The predicted octanol–water partition coefficient (Wildman–Crippen LogP) is 5.59. The molecule has 0 saturated heterocycles. The molecule has 0 amide bonds. The average molecular weight is 393 g/mol. The number of allylic oxidation sites excluding steroid dienone is 2. The Bertz CT molecular complexity index is 688. The first-order valence-electron chi connectivity index (χ1n) is 10.8. The van der Waals surface area contributed by atoms with Crippen LogP contribution in [0.15, 0.2) is 11.4 Å². The van der Waals surface area contributed by atoms with Crippen LogP contribution in [0.1, 0.15) is 72.1 Å². The van der Waals surface area contributed by atoms with E-state index in [2.05, 4.69) is 19.9 Å². The second-order valence-electron chi connectivity index (χ2n) is 10.4. The van der Waals surface area contributed by atoms with Gasteiger partial charge in [-0.25, -0.2) is 0 Å². The molecular formula is C22H34O4P+. The average Bonchev–Trinajstić information content (AvgIpc) is 2.97.